The molecule has 0 N–H and O–H groups in total. The molecule has 11 aromatic rings. The second kappa shape index (κ2) is 9.96. The first-order chi connectivity index (χ1) is 24.3. The van der Waals surface area contributed by atoms with Crippen LogP contribution in [0.4, 0.5) is 0 Å². The van der Waals surface area contributed by atoms with Gasteiger partial charge in [-0.3, -0.25) is 4.98 Å². The predicted octanol–water partition coefficient (Wildman–Crippen LogP) is 12.6. The maximum atomic E-state index is 6.34. The lowest BCUT2D eigenvalue weighted by Gasteiger charge is -2.19. The van der Waals surface area contributed by atoms with Crippen LogP contribution in [0, 0.1) is 0 Å². The van der Waals surface area contributed by atoms with E-state index >= 15 is 0 Å². The lowest BCUT2D eigenvalue weighted by molar-refractivity contribution is 0.669. The molecule has 0 fully saturated rings. The van der Waals surface area contributed by atoms with Crippen molar-refractivity contribution in [1.82, 2.24) is 9.97 Å². The SMILES string of the molecule is c1cnc2c(c1)ccc1ccc(-c3c4ccccc4c(-c4cc5ccc6oc7ccccc7c6c5c5ccccc45)c4ccccc34)nc12. The zero-order chi connectivity index (χ0) is 32.1. The van der Waals surface area contributed by atoms with Crippen LogP contribution in [0.25, 0.3) is 109 Å². The largest absolute Gasteiger partial charge is 0.456 e. The highest BCUT2D eigenvalue weighted by Gasteiger charge is 2.21. The van der Waals surface area contributed by atoms with Gasteiger partial charge < -0.3 is 4.42 Å². The summed E-state index contributed by atoms with van der Waals surface area (Å²) >= 11 is 0. The van der Waals surface area contributed by atoms with Crippen molar-refractivity contribution in [2.24, 2.45) is 0 Å². The van der Waals surface area contributed by atoms with E-state index in [1.165, 1.54) is 59.6 Å². The minimum Gasteiger partial charge on any atom is -0.456 e. The van der Waals surface area contributed by atoms with Crippen LogP contribution in [0.1, 0.15) is 0 Å². The lowest BCUT2D eigenvalue weighted by Crippen LogP contribution is -1.94. The molecule has 3 nitrogen and oxygen atoms in total. The van der Waals surface area contributed by atoms with Gasteiger partial charge in [0.25, 0.3) is 0 Å². The van der Waals surface area contributed by atoms with E-state index in [4.69, 9.17) is 14.4 Å². The van der Waals surface area contributed by atoms with Crippen molar-refractivity contribution in [3.63, 3.8) is 0 Å². The van der Waals surface area contributed by atoms with E-state index in [0.717, 1.165) is 49.6 Å². The third kappa shape index (κ3) is 3.73. The molecule has 0 aliphatic rings. The van der Waals surface area contributed by atoms with Crippen LogP contribution in [-0.4, -0.2) is 9.97 Å². The minimum absolute atomic E-state index is 0.914. The molecule has 3 aromatic heterocycles. The van der Waals surface area contributed by atoms with Gasteiger partial charge in [0, 0.05) is 38.7 Å². The molecule has 0 radical (unpaired) electrons. The zero-order valence-electron chi connectivity index (χ0n) is 26.3. The van der Waals surface area contributed by atoms with E-state index in [-0.39, 0.29) is 0 Å². The normalized spacial score (nSPS) is 12.1. The van der Waals surface area contributed by atoms with E-state index in [1.807, 2.05) is 18.3 Å². The Kier molecular flexibility index (Phi) is 5.38. The maximum Gasteiger partial charge on any atom is 0.136 e. The van der Waals surface area contributed by atoms with Gasteiger partial charge in [0.05, 0.1) is 16.7 Å². The first-order valence-corrected chi connectivity index (χ1v) is 16.7. The van der Waals surface area contributed by atoms with Crippen molar-refractivity contribution < 1.29 is 4.42 Å². The molecule has 0 aliphatic carbocycles. The molecule has 3 heterocycles. The minimum atomic E-state index is 0.914. The number of pyridine rings is 2. The quantitative estimate of drug-likeness (QED) is 0.142. The summed E-state index contributed by atoms with van der Waals surface area (Å²) in [7, 11) is 0. The Morgan fingerprint density at radius 2 is 0.980 bits per heavy atom. The van der Waals surface area contributed by atoms with Crippen molar-refractivity contribution >= 4 is 86.8 Å². The van der Waals surface area contributed by atoms with Gasteiger partial charge in [-0.05, 0) is 79.2 Å². The number of aromatic nitrogens is 2. The fourth-order valence-electron chi connectivity index (χ4n) is 8.18. The number of para-hydroxylation sites is 1. The summed E-state index contributed by atoms with van der Waals surface area (Å²) in [6, 6.07) is 54.2. The van der Waals surface area contributed by atoms with Gasteiger partial charge in [-0.25, -0.2) is 4.98 Å². The van der Waals surface area contributed by atoms with Crippen molar-refractivity contribution in [2.75, 3.05) is 0 Å². The van der Waals surface area contributed by atoms with Crippen LogP contribution in [-0.2, 0) is 0 Å². The van der Waals surface area contributed by atoms with Gasteiger partial charge in [0.15, 0.2) is 0 Å². The molecule has 8 aromatic carbocycles. The summed E-state index contributed by atoms with van der Waals surface area (Å²) in [5.74, 6) is 0. The highest BCUT2D eigenvalue weighted by Crippen LogP contribution is 2.48. The summed E-state index contributed by atoms with van der Waals surface area (Å²) in [5, 5.41) is 14.1. The molecule has 0 amide bonds. The van der Waals surface area contributed by atoms with Crippen LogP contribution in [0.2, 0.25) is 0 Å². The maximum absolute atomic E-state index is 6.34. The van der Waals surface area contributed by atoms with Gasteiger partial charge in [0.1, 0.15) is 11.2 Å². The third-order valence-corrected chi connectivity index (χ3v) is 10.3. The number of furan rings is 1. The monoisotopic (exact) mass is 622 g/mol. The molecule has 0 saturated heterocycles. The highest BCUT2D eigenvalue weighted by atomic mass is 16.3. The first-order valence-electron chi connectivity index (χ1n) is 16.7. The first kappa shape index (κ1) is 26.5. The van der Waals surface area contributed by atoms with Gasteiger partial charge in [-0.15, -0.1) is 0 Å². The average Bonchev–Trinajstić information content (AvgIpc) is 3.55. The number of rotatable bonds is 2. The van der Waals surface area contributed by atoms with Crippen LogP contribution < -0.4 is 0 Å². The summed E-state index contributed by atoms with van der Waals surface area (Å²) in [6.45, 7) is 0. The Balaban J connectivity index is 1.27. The molecule has 3 heteroatoms. The number of benzene rings is 8. The molecule has 0 atom stereocenters. The molecule has 226 valence electrons. The summed E-state index contributed by atoms with van der Waals surface area (Å²) in [6.07, 6.45) is 1.85. The predicted molar refractivity (Wildman–Crippen MR) is 205 cm³/mol. The Hall–Kier alpha value is -6.58. The van der Waals surface area contributed by atoms with Crippen molar-refractivity contribution in [3.05, 3.63) is 158 Å². The van der Waals surface area contributed by atoms with E-state index in [2.05, 4.69) is 140 Å². The van der Waals surface area contributed by atoms with Gasteiger partial charge in [0.2, 0.25) is 0 Å². The van der Waals surface area contributed by atoms with E-state index < -0.39 is 0 Å². The molecule has 11 rings (SSSR count). The van der Waals surface area contributed by atoms with E-state index in [0.29, 0.717) is 0 Å². The fraction of sp³-hybridized carbons (Fsp3) is 0. The molecule has 0 spiro atoms. The van der Waals surface area contributed by atoms with E-state index in [1.54, 1.807) is 0 Å². The van der Waals surface area contributed by atoms with Crippen molar-refractivity contribution in [1.29, 1.82) is 0 Å². The molecular weight excluding hydrogens is 597 g/mol. The van der Waals surface area contributed by atoms with Gasteiger partial charge in [-0.1, -0.05) is 121 Å². The zero-order valence-corrected chi connectivity index (χ0v) is 26.3. The van der Waals surface area contributed by atoms with Crippen molar-refractivity contribution in [2.45, 2.75) is 0 Å². The second-order valence-corrected chi connectivity index (χ2v) is 12.9. The van der Waals surface area contributed by atoms with Crippen LogP contribution in [0.5, 0.6) is 0 Å². The number of hydrogen-bond donors (Lipinski definition) is 0. The molecule has 0 bridgehead atoms. The van der Waals surface area contributed by atoms with Gasteiger partial charge >= 0.3 is 0 Å². The second-order valence-electron chi connectivity index (χ2n) is 12.9. The molecule has 0 saturated carbocycles. The topological polar surface area (TPSA) is 38.9 Å². The van der Waals surface area contributed by atoms with Crippen LogP contribution in [0.3, 0.4) is 0 Å². The molecular formula is C46H26N2O. The molecule has 0 unspecified atom stereocenters. The van der Waals surface area contributed by atoms with E-state index in [9.17, 15) is 0 Å². The Bertz CT molecular complexity index is 3120. The molecule has 49 heavy (non-hydrogen) atoms. The average molecular weight is 623 g/mol. The fourth-order valence-corrected chi connectivity index (χ4v) is 8.18. The standard InChI is InChI=1S/C46H26N2O/c1-2-12-31-30(11-1)37(26-29-22-24-40-44(41(29)31)36-17-7-8-18-39(36)49-40)42-32-13-3-5-15-34(32)43(35-16-6-4-14-33(35)42)38-23-21-28-20-19-27-10-9-25-47-45(27)46(28)48-38/h1-26H. The van der Waals surface area contributed by atoms with Crippen LogP contribution in [0.15, 0.2) is 162 Å². The smallest absolute Gasteiger partial charge is 0.136 e. The Labute approximate surface area is 280 Å². The number of nitrogens with zero attached hydrogens (tertiary/aromatic N) is 2. The lowest BCUT2D eigenvalue weighted by atomic mass is 9.84. The van der Waals surface area contributed by atoms with Crippen molar-refractivity contribution in [3.8, 4) is 22.4 Å². The van der Waals surface area contributed by atoms with Crippen LogP contribution >= 0.6 is 0 Å². The summed E-state index contributed by atoms with van der Waals surface area (Å²) in [5.41, 5.74) is 8.22. The highest BCUT2D eigenvalue weighted by molar-refractivity contribution is 6.31. The van der Waals surface area contributed by atoms with Gasteiger partial charge in [-0.2, -0.15) is 0 Å². The summed E-state index contributed by atoms with van der Waals surface area (Å²) < 4.78 is 6.34. The number of hydrogen-bond acceptors (Lipinski definition) is 3. The number of fused-ring (bicyclic) bond motifs is 12. The molecule has 0 aliphatic heterocycles. The Morgan fingerprint density at radius 1 is 0.388 bits per heavy atom. The third-order valence-electron chi connectivity index (χ3n) is 10.3. The summed E-state index contributed by atoms with van der Waals surface area (Å²) in [4.78, 5) is 10.1. The Morgan fingerprint density at radius 3 is 1.73 bits per heavy atom.